The van der Waals surface area contributed by atoms with Crippen molar-refractivity contribution in [3.63, 3.8) is 0 Å². The molecule has 10 heteroatoms. The fourth-order valence-corrected chi connectivity index (χ4v) is 3.94. The number of halogens is 3. The fraction of sp³-hybridized carbons (Fsp3) is 0.348. The van der Waals surface area contributed by atoms with Gasteiger partial charge in [-0.25, -0.2) is 15.0 Å². The summed E-state index contributed by atoms with van der Waals surface area (Å²) in [5, 5.41) is 3.18. The van der Waals surface area contributed by atoms with Crippen molar-refractivity contribution in [2.24, 2.45) is 0 Å². The van der Waals surface area contributed by atoms with Gasteiger partial charge < -0.3 is 10.2 Å². The fourth-order valence-electron chi connectivity index (χ4n) is 3.94. The van der Waals surface area contributed by atoms with E-state index in [-0.39, 0.29) is 23.7 Å². The van der Waals surface area contributed by atoms with Crippen molar-refractivity contribution in [1.29, 1.82) is 0 Å². The first-order valence-electron chi connectivity index (χ1n) is 10.6. The molecule has 0 spiro atoms. The molecule has 1 fully saturated rings. The van der Waals surface area contributed by atoms with Crippen molar-refractivity contribution in [3.8, 4) is 11.4 Å². The van der Waals surface area contributed by atoms with Crippen LogP contribution < -0.4 is 5.32 Å². The normalized spacial score (nSPS) is 18.8. The van der Waals surface area contributed by atoms with Crippen LogP contribution in [0.15, 0.2) is 49.1 Å². The minimum Gasteiger partial charge on any atom is -0.365 e. The number of rotatable bonds is 4. The third-order valence-electron chi connectivity index (χ3n) is 5.71. The van der Waals surface area contributed by atoms with Crippen LogP contribution in [0.1, 0.15) is 41.4 Å². The number of amides is 1. The maximum atomic E-state index is 13.5. The molecule has 0 radical (unpaired) electrons. The highest BCUT2D eigenvalue weighted by Gasteiger charge is 2.34. The van der Waals surface area contributed by atoms with E-state index in [0.29, 0.717) is 23.8 Å². The Labute approximate surface area is 189 Å². The third-order valence-corrected chi connectivity index (χ3v) is 5.71. The zero-order chi connectivity index (χ0) is 23.6. The molecule has 7 nitrogen and oxygen atoms in total. The summed E-state index contributed by atoms with van der Waals surface area (Å²) in [5.74, 6) is 0.517. The van der Waals surface area contributed by atoms with E-state index in [2.05, 4.69) is 25.3 Å². The van der Waals surface area contributed by atoms with Gasteiger partial charge in [0.25, 0.3) is 5.91 Å². The van der Waals surface area contributed by atoms with Crippen molar-refractivity contribution in [3.05, 3.63) is 65.9 Å². The molecule has 3 aromatic rings. The molecule has 0 unspecified atom stereocenters. The van der Waals surface area contributed by atoms with Crippen molar-refractivity contribution in [2.75, 3.05) is 11.9 Å². The number of aromatic nitrogens is 4. The van der Waals surface area contributed by atoms with Gasteiger partial charge in [0.15, 0.2) is 5.82 Å². The maximum Gasteiger partial charge on any atom is 0.417 e. The maximum absolute atomic E-state index is 13.5. The molecule has 3 aromatic heterocycles. The zero-order valence-corrected chi connectivity index (χ0v) is 18.2. The molecule has 0 aliphatic carbocycles. The summed E-state index contributed by atoms with van der Waals surface area (Å²) in [6, 6.07) is 5.44. The summed E-state index contributed by atoms with van der Waals surface area (Å²) in [5.41, 5.74) is 0.913. The number of piperidine rings is 1. The lowest BCUT2D eigenvalue weighted by molar-refractivity contribution is -0.137. The van der Waals surface area contributed by atoms with Gasteiger partial charge >= 0.3 is 6.18 Å². The molecule has 0 aromatic carbocycles. The number of alkyl halides is 3. The minimum atomic E-state index is -4.44. The van der Waals surface area contributed by atoms with E-state index >= 15 is 0 Å². The van der Waals surface area contributed by atoms with Gasteiger partial charge in [0.2, 0.25) is 0 Å². The first-order valence-corrected chi connectivity index (χ1v) is 10.6. The highest BCUT2D eigenvalue weighted by Crippen LogP contribution is 2.30. The number of aryl methyl sites for hydroxylation is 1. The topological polar surface area (TPSA) is 83.9 Å². The second-order valence-electron chi connectivity index (χ2n) is 8.04. The minimum absolute atomic E-state index is 0.172. The van der Waals surface area contributed by atoms with Crippen LogP contribution in [0.5, 0.6) is 0 Å². The summed E-state index contributed by atoms with van der Waals surface area (Å²) in [6.45, 7) is 4.34. The van der Waals surface area contributed by atoms with Crippen LogP contribution in [-0.4, -0.2) is 49.4 Å². The molecule has 0 saturated carbocycles. The number of carbonyl (C=O) groups is 1. The van der Waals surface area contributed by atoms with Gasteiger partial charge in [-0.1, -0.05) is 0 Å². The summed E-state index contributed by atoms with van der Waals surface area (Å²) < 4.78 is 38.4. The molecular weight excluding hydrogens is 433 g/mol. The molecule has 1 aliphatic rings. The van der Waals surface area contributed by atoms with Crippen LogP contribution in [0.2, 0.25) is 0 Å². The monoisotopic (exact) mass is 456 g/mol. The van der Waals surface area contributed by atoms with Crippen LogP contribution in [0.3, 0.4) is 0 Å². The Morgan fingerprint density at radius 3 is 2.55 bits per heavy atom. The first-order chi connectivity index (χ1) is 15.7. The van der Waals surface area contributed by atoms with E-state index in [9.17, 15) is 18.0 Å². The second kappa shape index (κ2) is 9.13. The Morgan fingerprint density at radius 2 is 1.88 bits per heavy atom. The van der Waals surface area contributed by atoms with Crippen LogP contribution in [-0.2, 0) is 6.18 Å². The number of hydrogen-bond donors (Lipinski definition) is 1. The molecule has 1 N–H and O–H groups in total. The zero-order valence-electron chi connectivity index (χ0n) is 18.2. The molecule has 2 atom stereocenters. The van der Waals surface area contributed by atoms with E-state index in [1.807, 2.05) is 19.9 Å². The van der Waals surface area contributed by atoms with E-state index in [1.54, 1.807) is 29.6 Å². The highest BCUT2D eigenvalue weighted by atomic mass is 19.4. The van der Waals surface area contributed by atoms with Crippen molar-refractivity contribution in [1.82, 2.24) is 24.8 Å². The molecule has 1 amide bonds. The van der Waals surface area contributed by atoms with Gasteiger partial charge in [0, 0.05) is 43.4 Å². The molecule has 1 aliphatic heterocycles. The number of carbonyl (C=O) groups excluding carboxylic acids is 1. The van der Waals surface area contributed by atoms with Gasteiger partial charge in [-0.3, -0.25) is 9.78 Å². The standard InChI is InChI=1S/C23H23F3N6O/c1-14-11-17(21-27-8-4-9-28-21)20(30-12-14)22(33)32-10-3-5-18(15(32)2)31-19-7-6-16(13-29-19)23(24,25)26/h4,6-9,11-13,15,18H,3,5,10H2,1-2H3,(H,29,31)/t15-,18+/m0/s1. The quantitative estimate of drug-likeness (QED) is 0.628. The second-order valence-corrected chi connectivity index (χ2v) is 8.04. The number of hydrogen-bond acceptors (Lipinski definition) is 6. The predicted molar refractivity (Wildman–Crippen MR) is 116 cm³/mol. The van der Waals surface area contributed by atoms with Crippen LogP contribution in [0.4, 0.5) is 19.0 Å². The predicted octanol–water partition coefficient (Wildman–Crippen LogP) is 4.37. The van der Waals surface area contributed by atoms with E-state index in [0.717, 1.165) is 30.7 Å². The summed E-state index contributed by atoms with van der Waals surface area (Å²) in [6.07, 6.45) is 2.71. The van der Waals surface area contributed by atoms with Crippen molar-refractivity contribution in [2.45, 2.75) is 44.9 Å². The van der Waals surface area contributed by atoms with Gasteiger partial charge in [0.05, 0.1) is 11.1 Å². The number of anilines is 1. The number of nitrogens with one attached hydrogen (secondary N) is 1. The Balaban J connectivity index is 1.55. The Morgan fingerprint density at radius 1 is 1.12 bits per heavy atom. The molecule has 1 saturated heterocycles. The Bertz CT molecular complexity index is 1120. The molecule has 33 heavy (non-hydrogen) atoms. The largest absolute Gasteiger partial charge is 0.417 e. The molecular formula is C23H23F3N6O. The average Bonchev–Trinajstić information content (AvgIpc) is 2.80. The van der Waals surface area contributed by atoms with E-state index in [1.165, 1.54) is 6.07 Å². The van der Waals surface area contributed by atoms with E-state index in [4.69, 9.17) is 0 Å². The average molecular weight is 456 g/mol. The van der Waals surface area contributed by atoms with Crippen LogP contribution in [0, 0.1) is 6.92 Å². The Hall–Kier alpha value is -3.56. The van der Waals surface area contributed by atoms with Gasteiger partial charge in [-0.05, 0) is 56.5 Å². The first kappa shape index (κ1) is 22.6. The summed E-state index contributed by atoms with van der Waals surface area (Å²) >= 11 is 0. The summed E-state index contributed by atoms with van der Waals surface area (Å²) in [7, 11) is 0. The molecule has 172 valence electrons. The Kier molecular flexibility index (Phi) is 6.26. The van der Waals surface area contributed by atoms with Gasteiger partial charge in [-0.15, -0.1) is 0 Å². The van der Waals surface area contributed by atoms with Crippen molar-refractivity contribution >= 4 is 11.7 Å². The molecule has 4 heterocycles. The lowest BCUT2D eigenvalue weighted by Crippen LogP contribution is -2.52. The number of pyridine rings is 2. The number of nitrogens with zero attached hydrogens (tertiary/aromatic N) is 5. The van der Waals surface area contributed by atoms with Gasteiger partial charge in [-0.2, -0.15) is 13.2 Å². The van der Waals surface area contributed by atoms with Crippen molar-refractivity contribution < 1.29 is 18.0 Å². The highest BCUT2D eigenvalue weighted by molar-refractivity contribution is 5.98. The SMILES string of the molecule is Cc1cnc(C(=O)N2CCC[C@@H](Nc3ccc(C(F)(F)F)cn3)[C@@H]2C)c(-c2ncccn2)c1. The molecule has 0 bridgehead atoms. The smallest absolute Gasteiger partial charge is 0.365 e. The van der Waals surface area contributed by atoms with Gasteiger partial charge in [0.1, 0.15) is 11.5 Å². The third kappa shape index (κ3) is 4.94. The van der Waals surface area contributed by atoms with Crippen LogP contribution >= 0.6 is 0 Å². The lowest BCUT2D eigenvalue weighted by Gasteiger charge is -2.40. The lowest BCUT2D eigenvalue weighted by atomic mass is 9.96. The summed E-state index contributed by atoms with van der Waals surface area (Å²) in [4.78, 5) is 32.1. The number of likely N-dealkylation sites (tertiary alicyclic amines) is 1. The van der Waals surface area contributed by atoms with E-state index < -0.39 is 11.7 Å². The van der Waals surface area contributed by atoms with Crippen LogP contribution in [0.25, 0.3) is 11.4 Å². The molecule has 4 rings (SSSR count).